The summed E-state index contributed by atoms with van der Waals surface area (Å²) in [4.78, 5) is 8.08. The Balaban J connectivity index is 2.11. The molecule has 0 saturated carbocycles. The summed E-state index contributed by atoms with van der Waals surface area (Å²) in [7, 11) is 0. The number of aromatic amines is 1. The number of ether oxygens (including phenoxy) is 1. The van der Waals surface area contributed by atoms with Gasteiger partial charge < -0.3 is 9.72 Å². The second kappa shape index (κ2) is 3.86. The first-order chi connectivity index (χ1) is 7.74. The van der Waals surface area contributed by atoms with E-state index in [0.29, 0.717) is 5.92 Å². The fourth-order valence-corrected chi connectivity index (χ4v) is 2.78. The van der Waals surface area contributed by atoms with E-state index in [0.717, 1.165) is 41.0 Å². The zero-order valence-corrected chi connectivity index (χ0v) is 10.7. The lowest BCUT2D eigenvalue weighted by Gasteiger charge is -2.00. The highest BCUT2D eigenvalue weighted by Gasteiger charge is 2.21. The number of fused-ring (bicyclic) bond motifs is 1. The highest BCUT2D eigenvalue weighted by molar-refractivity contribution is 9.10. The van der Waals surface area contributed by atoms with Crippen LogP contribution >= 0.6 is 15.9 Å². The molecule has 1 aromatic carbocycles. The van der Waals surface area contributed by atoms with Crippen molar-refractivity contribution in [2.45, 2.75) is 19.3 Å². The van der Waals surface area contributed by atoms with Crippen LogP contribution in [0.2, 0.25) is 0 Å². The third-order valence-electron chi connectivity index (χ3n) is 3.08. The Morgan fingerprint density at radius 2 is 2.38 bits per heavy atom. The largest absolute Gasteiger partial charge is 0.381 e. The second-order valence-electron chi connectivity index (χ2n) is 4.30. The molecule has 0 radical (unpaired) electrons. The fourth-order valence-electron chi connectivity index (χ4n) is 2.21. The number of rotatable bonds is 1. The van der Waals surface area contributed by atoms with Gasteiger partial charge in [-0.05, 0) is 31.0 Å². The van der Waals surface area contributed by atoms with Crippen molar-refractivity contribution in [1.82, 2.24) is 9.97 Å². The van der Waals surface area contributed by atoms with Crippen molar-refractivity contribution in [3.8, 4) is 0 Å². The van der Waals surface area contributed by atoms with Crippen LogP contribution in [0.5, 0.6) is 0 Å². The van der Waals surface area contributed by atoms with Crippen LogP contribution in [0.25, 0.3) is 11.0 Å². The number of H-pyrrole nitrogens is 1. The summed E-state index contributed by atoms with van der Waals surface area (Å²) in [5, 5.41) is 0. The molecule has 1 saturated heterocycles. The van der Waals surface area contributed by atoms with Gasteiger partial charge in [0.05, 0.1) is 17.6 Å². The highest BCUT2D eigenvalue weighted by Crippen LogP contribution is 2.27. The van der Waals surface area contributed by atoms with Gasteiger partial charge in [-0.1, -0.05) is 15.9 Å². The van der Waals surface area contributed by atoms with Crippen LogP contribution in [0.4, 0.5) is 0 Å². The minimum atomic E-state index is 0.436. The Bertz CT molecular complexity index is 529. The lowest BCUT2D eigenvalue weighted by atomic mass is 10.1. The molecule has 3 nitrogen and oxygen atoms in total. The van der Waals surface area contributed by atoms with Crippen molar-refractivity contribution in [3.05, 3.63) is 28.0 Å². The summed E-state index contributed by atoms with van der Waals surface area (Å²) < 4.78 is 6.49. The zero-order valence-electron chi connectivity index (χ0n) is 9.09. The minimum Gasteiger partial charge on any atom is -0.381 e. The molecule has 1 fully saturated rings. The van der Waals surface area contributed by atoms with Crippen LogP contribution in [0.1, 0.15) is 23.7 Å². The van der Waals surface area contributed by atoms with Gasteiger partial charge in [-0.25, -0.2) is 4.98 Å². The van der Waals surface area contributed by atoms with Gasteiger partial charge in [-0.3, -0.25) is 0 Å². The van der Waals surface area contributed by atoms with Crippen molar-refractivity contribution in [1.29, 1.82) is 0 Å². The fraction of sp³-hybridized carbons (Fsp3) is 0.417. The van der Waals surface area contributed by atoms with E-state index in [1.807, 2.05) is 0 Å². The lowest BCUT2D eigenvalue weighted by molar-refractivity contribution is 0.193. The van der Waals surface area contributed by atoms with Crippen LogP contribution in [0.3, 0.4) is 0 Å². The van der Waals surface area contributed by atoms with Crippen LogP contribution in [0.15, 0.2) is 16.6 Å². The molecule has 1 N–H and O–H groups in total. The Labute approximate surface area is 102 Å². The lowest BCUT2D eigenvalue weighted by Crippen LogP contribution is -1.99. The van der Waals surface area contributed by atoms with Crippen LogP contribution in [-0.2, 0) is 4.74 Å². The van der Waals surface area contributed by atoms with E-state index >= 15 is 0 Å². The first-order valence-corrected chi connectivity index (χ1v) is 6.27. The third kappa shape index (κ3) is 1.66. The third-order valence-corrected chi connectivity index (χ3v) is 3.53. The number of hydrogen-bond donors (Lipinski definition) is 1. The van der Waals surface area contributed by atoms with Gasteiger partial charge in [0.2, 0.25) is 0 Å². The minimum absolute atomic E-state index is 0.436. The van der Waals surface area contributed by atoms with Gasteiger partial charge in [-0.15, -0.1) is 0 Å². The number of halogens is 1. The quantitative estimate of drug-likeness (QED) is 0.872. The molecular weight excluding hydrogens is 268 g/mol. The maximum absolute atomic E-state index is 5.39. The highest BCUT2D eigenvalue weighted by atomic mass is 79.9. The normalized spacial score (nSPS) is 20.8. The summed E-state index contributed by atoms with van der Waals surface area (Å²) in [6.45, 7) is 3.73. The summed E-state index contributed by atoms with van der Waals surface area (Å²) in [5.74, 6) is 1.50. The van der Waals surface area contributed by atoms with Crippen molar-refractivity contribution < 1.29 is 4.74 Å². The van der Waals surface area contributed by atoms with Gasteiger partial charge in [0.25, 0.3) is 0 Å². The van der Waals surface area contributed by atoms with E-state index in [-0.39, 0.29) is 0 Å². The van der Waals surface area contributed by atoms with Crippen LogP contribution in [-0.4, -0.2) is 23.2 Å². The van der Waals surface area contributed by atoms with Gasteiger partial charge in [0.15, 0.2) is 0 Å². The van der Waals surface area contributed by atoms with E-state index in [4.69, 9.17) is 4.74 Å². The number of imidazole rings is 1. The van der Waals surface area contributed by atoms with Gasteiger partial charge in [-0.2, -0.15) is 0 Å². The number of aromatic nitrogens is 2. The maximum Gasteiger partial charge on any atom is 0.112 e. The van der Waals surface area contributed by atoms with Gasteiger partial charge in [0, 0.05) is 17.0 Å². The molecule has 0 amide bonds. The summed E-state index contributed by atoms with van der Waals surface area (Å²) in [5.41, 5.74) is 3.38. The molecule has 84 valence electrons. The smallest absolute Gasteiger partial charge is 0.112 e. The molecule has 16 heavy (non-hydrogen) atoms. The molecule has 0 spiro atoms. The summed E-state index contributed by atoms with van der Waals surface area (Å²) in [6.07, 6.45) is 1.07. The average Bonchev–Trinajstić information content (AvgIpc) is 2.82. The average molecular weight is 281 g/mol. The Morgan fingerprint density at radius 1 is 1.50 bits per heavy atom. The molecule has 1 atom stereocenters. The van der Waals surface area contributed by atoms with E-state index < -0.39 is 0 Å². The van der Waals surface area contributed by atoms with Crippen LogP contribution in [0, 0.1) is 6.92 Å². The molecule has 2 heterocycles. The van der Waals surface area contributed by atoms with Gasteiger partial charge in [0.1, 0.15) is 5.82 Å². The molecule has 4 heteroatoms. The van der Waals surface area contributed by atoms with Gasteiger partial charge >= 0.3 is 0 Å². The number of benzene rings is 1. The zero-order chi connectivity index (χ0) is 11.1. The van der Waals surface area contributed by atoms with Crippen molar-refractivity contribution in [3.63, 3.8) is 0 Å². The van der Waals surface area contributed by atoms with Crippen LogP contribution < -0.4 is 0 Å². The van der Waals surface area contributed by atoms with Crippen molar-refractivity contribution in [2.24, 2.45) is 0 Å². The Kier molecular flexibility index (Phi) is 2.48. The first kappa shape index (κ1) is 10.3. The standard InChI is InChI=1S/C12H13BrN2O/c1-7-4-9(13)5-10-11(7)15-12(14-10)8-2-3-16-6-8/h4-5,8H,2-3,6H2,1H3,(H,14,15). The molecule has 1 unspecified atom stereocenters. The van der Waals surface area contributed by atoms with E-state index in [1.165, 1.54) is 5.56 Å². The monoisotopic (exact) mass is 280 g/mol. The van der Waals surface area contributed by atoms with Crippen molar-refractivity contribution in [2.75, 3.05) is 13.2 Å². The first-order valence-electron chi connectivity index (χ1n) is 5.47. The molecule has 2 aromatic rings. The predicted molar refractivity (Wildman–Crippen MR) is 66.7 cm³/mol. The number of nitrogens with zero attached hydrogens (tertiary/aromatic N) is 1. The molecule has 1 aliphatic rings. The molecule has 1 aliphatic heterocycles. The molecule has 3 rings (SSSR count). The van der Waals surface area contributed by atoms with E-state index in [1.54, 1.807) is 0 Å². The molecule has 0 bridgehead atoms. The van der Waals surface area contributed by atoms with E-state index in [9.17, 15) is 0 Å². The molecule has 0 aliphatic carbocycles. The predicted octanol–water partition coefficient (Wildman–Crippen LogP) is 3.14. The number of nitrogens with one attached hydrogen (secondary N) is 1. The molecular formula is C12H13BrN2O. The number of hydrogen-bond acceptors (Lipinski definition) is 2. The SMILES string of the molecule is Cc1cc(Br)cc2[nH]c(C3CCOC3)nc12. The second-order valence-corrected chi connectivity index (χ2v) is 5.22. The molecule has 1 aromatic heterocycles. The topological polar surface area (TPSA) is 37.9 Å². The van der Waals surface area contributed by atoms with Crippen molar-refractivity contribution >= 4 is 27.0 Å². The maximum atomic E-state index is 5.39. The van der Waals surface area contributed by atoms with E-state index in [2.05, 4.69) is 45.0 Å². The summed E-state index contributed by atoms with van der Waals surface area (Å²) >= 11 is 3.50. The number of aryl methyl sites for hydroxylation is 1. The Morgan fingerprint density at radius 3 is 3.12 bits per heavy atom. The Hall–Kier alpha value is -0.870. The summed E-state index contributed by atoms with van der Waals surface area (Å²) in [6, 6.07) is 4.17.